The van der Waals surface area contributed by atoms with E-state index in [0.717, 1.165) is 12.2 Å². The summed E-state index contributed by atoms with van der Waals surface area (Å²) in [6.07, 6.45) is 3.00. The highest BCUT2D eigenvalue weighted by atomic mass is 16.1. The Labute approximate surface area is 115 Å². The molecule has 1 aromatic rings. The smallest absolute Gasteiger partial charge is 0.225 e. The van der Waals surface area contributed by atoms with E-state index in [-0.39, 0.29) is 5.91 Å². The zero-order chi connectivity index (χ0) is 13.8. The number of benzene rings is 1. The van der Waals surface area contributed by atoms with Crippen LogP contribution in [0.1, 0.15) is 37.3 Å². The number of amides is 1. The number of hydrogen-bond acceptors (Lipinski definition) is 2. The summed E-state index contributed by atoms with van der Waals surface area (Å²) in [4.78, 5) is 12.1. The number of rotatable bonds is 3. The Morgan fingerprint density at radius 2 is 2.00 bits per heavy atom. The molecule has 0 spiro atoms. The summed E-state index contributed by atoms with van der Waals surface area (Å²) in [5, 5.41) is 6.46. The molecule has 3 nitrogen and oxygen atoms in total. The minimum Gasteiger partial charge on any atom is -0.326 e. The van der Waals surface area contributed by atoms with Gasteiger partial charge in [0.25, 0.3) is 0 Å². The van der Waals surface area contributed by atoms with Crippen molar-refractivity contribution in [2.75, 3.05) is 11.9 Å². The van der Waals surface area contributed by atoms with Crippen LogP contribution in [0.5, 0.6) is 0 Å². The summed E-state index contributed by atoms with van der Waals surface area (Å²) in [5.74, 6) is 0.690. The van der Waals surface area contributed by atoms with Crippen molar-refractivity contribution in [1.29, 1.82) is 0 Å². The molecule has 1 amide bonds. The van der Waals surface area contributed by atoms with Crippen LogP contribution in [0.15, 0.2) is 18.2 Å². The van der Waals surface area contributed by atoms with E-state index >= 15 is 0 Å². The number of nitrogens with one attached hydrogen (secondary N) is 2. The molecule has 1 saturated heterocycles. The Morgan fingerprint density at radius 3 is 2.63 bits per heavy atom. The summed E-state index contributed by atoms with van der Waals surface area (Å²) < 4.78 is 0. The molecule has 1 heterocycles. The van der Waals surface area contributed by atoms with Crippen LogP contribution in [0.25, 0.3) is 0 Å². The summed E-state index contributed by atoms with van der Waals surface area (Å²) in [7, 11) is 0. The molecular weight excluding hydrogens is 236 g/mol. The first-order chi connectivity index (χ1) is 9.04. The lowest BCUT2D eigenvalue weighted by Gasteiger charge is -2.29. The Hall–Kier alpha value is -1.35. The Bertz CT molecular complexity index is 436. The molecule has 2 rings (SSSR count). The van der Waals surface area contributed by atoms with Crippen LogP contribution in [0, 0.1) is 19.8 Å². The number of aryl methyl sites for hydroxylation is 2. The van der Waals surface area contributed by atoms with Gasteiger partial charge in [-0.05, 0) is 62.4 Å². The normalized spacial score (nSPS) is 23.1. The lowest BCUT2D eigenvalue weighted by atomic mass is 9.90. The van der Waals surface area contributed by atoms with Crippen LogP contribution in [0.2, 0.25) is 0 Å². The van der Waals surface area contributed by atoms with Gasteiger partial charge in [-0.2, -0.15) is 0 Å². The molecule has 2 unspecified atom stereocenters. The highest BCUT2D eigenvalue weighted by Gasteiger charge is 2.23. The fourth-order valence-corrected chi connectivity index (χ4v) is 2.85. The minimum absolute atomic E-state index is 0.108. The van der Waals surface area contributed by atoms with Crippen molar-refractivity contribution in [2.24, 2.45) is 5.92 Å². The van der Waals surface area contributed by atoms with Crippen molar-refractivity contribution in [3.8, 4) is 0 Å². The SMILES string of the molecule is Cc1cc(C)cc(NC(=O)CC2NCCCC2C)c1. The molecule has 0 aromatic heterocycles. The second-order valence-corrected chi connectivity index (χ2v) is 5.81. The molecule has 1 fully saturated rings. The van der Waals surface area contributed by atoms with Crippen LogP contribution < -0.4 is 10.6 Å². The average molecular weight is 260 g/mol. The zero-order valence-electron chi connectivity index (χ0n) is 12.1. The van der Waals surface area contributed by atoms with E-state index < -0.39 is 0 Å². The third-order valence-corrected chi connectivity index (χ3v) is 3.84. The summed E-state index contributed by atoms with van der Waals surface area (Å²) >= 11 is 0. The van der Waals surface area contributed by atoms with E-state index in [2.05, 4.69) is 23.6 Å². The number of anilines is 1. The monoisotopic (exact) mass is 260 g/mol. The van der Waals surface area contributed by atoms with E-state index in [9.17, 15) is 4.79 Å². The van der Waals surface area contributed by atoms with Crippen molar-refractivity contribution >= 4 is 11.6 Å². The van der Waals surface area contributed by atoms with Gasteiger partial charge in [0.15, 0.2) is 0 Å². The summed E-state index contributed by atoms with van der Waals surface area (Å²) in [5.41, 5.74) is 3.27. The Balaban J connectivity index is 1.93. The minimum atomic E-state index is 0.108. The van der Waals surface area contributed by atoms with Crippen LogP contribution in [-0.2, 0) is 4.79 Å². The third kappa shape index (κ3) is 4.06. The fraction of sp³-hybridized carbons (Fsp3) is 0.562. The maximum Gasteiger partial charge on any atom is 0.225 e. The molecule has 1 aliphatic heterocycles. The van der Waals surface area contributed by atoms with Crippen LogP contribution in [-0.4, -0.2) is 18.5 Å². The molecule has 2 atom stereocenters. The number of piperidine rings is 1. The molecule has 104 valence electrons. The molecule has 1 aromatic carbocycles. The van der Waals surface area contributed by atoms with Crippen LogP contribution in [0.4, 0.5) is 5.69 Å². The standard InChI is InChI=1S/C16H24N2O/c1-11-7-12(2)9-14(8-11)18-16(19)10-15-13(3)5-4-6-17-15/h7-9,13,15,17H,4-6,10H2,1-3H3,(H,18,19). The first-order valence-corrected chi connectivity index (χ1v) is 7.16. The van der Waals surface area contributed by atoms with Gasteiger partial charge in [-0.1, -0.05) is 13.0 Å². The first-order valence-electron chi connectivity index (χ1n) is 7.16. The third-order valence-electron chi connectivity index (χ3n) is 3.84. The molecule has 0 radical (unpaired) electrons. The fourth-order valence-electron chi connectivity index (χ4n) is 2.85. The van der Waals surface area contributed by atoms with Crippen LogP contribution >= 0.6 is 0 Å². The van der Waals surface area contributed by atoms with E-state index in [1.807, 2.05) is 26.0 Å². The highest BCUT2D eigenvalue weighted by molar-refractivity contribution is 5.91. The molecule has 3 heteroatoms. The van der Waals surface area contributed by atoms with Gasteiger partial charge in [-0.3, -0.25) is 4.79 Å². The number of carbonyl (C=O) groups is 1. The average Bonchev–Trinajstić information content (AvgIpc) is 2.30. The molecule has 0 aliphatic carbocycles. The van der Waals surface area contributed by atoms with Gasteiger partial charge in [0.1, 0.15) is 0 Å². The van der Waals surface area contributed by atoms with Gasteiger partial charge in [-0.25, -0.2) is 0 Å². The largest absolute Gasteiger partial charge is 0.326 e. The summed E-state index contributed by atoms with van der Waals surface area (Å²) in [6, 6.07) is 6.46. The maximum atomic E-state index is 12.1. The summed E-state index contributed by atoms with van der Waals surface area (Å²) in [6.45, 7) is 7.35. The second kappa shape index (κ2) is 6.20. The predicted molar refractivity (Wildman–Crippen MR) is 79.4 cm³/mol. The Kier molecular flexibility index (Phi) is 4.59. The maximum absolute atomic E-state index is 12.1. The zero-order valence-corrected chi connectivity index (χ0v) is 12.1. The van der Waals surface area contributed by atoms with E-state index in [1.54, 1.807) is 0 Å². The lowest BCUT2D eigenvalue weighted by molar-refractivity contribution is -0.117. The topological polar surface area (TPSA) is 41.1 Å². The lowest BCUT2D eigenvalue weighted by Crippen LogP contribution is -2.42. The molecule has 19 heavy (non-hydrogen) atoms. The van der Waals surface area contributed by atoms with Gasteiger partial charge < -0.3 is 10.6 Å². The Morgan fingerprint density at radius 1 is 1.32 bits per heavy atom. The molecule has 1 aliphatic rings. The van der Waals surface area contributed by atoms with Gasteiger partial charge in [0, 0.05) is 18.2 Å². The predicted octanol–water partition coefficient (Wildman–Crippen LogP) is 3.02. The van der Waals surface area contributed by atoms with Crippen molar-refractivity contribution in [1.82, 2.24) is 5.32 Å². The van der Waals surface area contributed by atoms with E-state index in [4.69, 9.17) is 0 Å². The quantitative estimate of drug-likeness (QED) is 0.877. The van der Waals surface area contributed by atoms with Gasteiger partial charge >= 0.3 is 0 Å². The van der Waals surface area contributed by atoms with Gasteiger partial charge in [-0.15, -0.1) is 0 Å². The van der Waals surface area contributed by atoms with Crippen molar-refractivity contribution in [3.05, 3.63) is 29.3 Å². The van der Waals surface area contributed by atoms with Crippen LogP contribution in [0.3, 0.4) is 0 Å². The van der Waals surface area contributed by atoms with E-state index in [1.165, 1.54) is 24.0 Å². The molecule has 2 N–H and O–H groups in total. The highest BCUT2D eigenvalue weighted by Crippen LogP contribution is 2.19. The van der Waals surface area contributed by atoms with Gasteiger partial charge in [0.05, 0.1) is 0 Å². The van der Waals surface area contributed by atoms with E-state index in [0.29, 0.717) is 18.4 Å². The molecule has 0 saturated carbocycles. The number of carbonyl (C=O) groups excluding carboxylic acids is 1. The molecular formula is C16H24N2O. The number of hydrogen-bond donors (Lipinski definition) is 2. The van der Waals surface area contributed by atoms with Crippen molar-refractivity contribution in [3.63, 3.8) is 0 Å². The second-order valence-electron chi connectivity index (χ2n) is 5.81. The van der Waals surface area contributed by atoms with Crippen molar-refractivity contribution < 1.29 is 4.79 Å². The molecule has 0 bridgehead atoms. The van der Waals surface area contributed by atoms with Crippen molar-refractivity contribution in [2.45, 2.75) is 46.1 Å². The first kappa shape index (κ1) is 14.1. The van der Waals surface area contributed by atoms with Gasteiger partial charge in [0.2, 0.25) is 5.91 Å².